The summed E-state index contributed by atoms with van der Waals surface area (Å²) in [5.74, 6) is -1.20. The van der Waals surface area contributed by atoms with Crippen molar-refractivity contribution in [3.8, 4) is 0 Å². The Morgan fingerprint density at radius 1 is 1.14 bits per heavy atom. The van der Waals surface area contributed by atoms with Gasteiger partial charge < -0.3 is 19.8 Å². The number of aromatic nitrogens is 3. The lowest BCUT2D eigenvalue weighted by atomic mass is 9.65. The van der Waals surface area contributed by atoms with Gasteiger partial charge in [-0.1, -0.05) is 43.3 Å². The number of aliphatic hydroxyl groups excluding tert-OH is 1. The molecule has 11 heteroatoms. The van der Waals surface area contributed by atoms with Crippen LogP contribution in [0.4, 0.5) is 0 Å². The number of amides is 3. The summed E-state index contributed by atoms with van der Waals surface area (Å²) >= 11 is 1.70. The monoisotopic (exact) mass is 608 g/mol. The number of carbonyl (C=O) groups is 3. The lowest BCUT2D eigenvalue weighted by molar-refractivity contribution is -0.145. The van der Waals surface area contributed by atoms with Crippen LogP contribution >= 0.6 is 11.8 Å². The third-order valence-electron chi connectivity index (χ3n) is 9.36. The number of benzene rings is 1. The number of nitrogens with zero attached hydrogens (tertiary/aromatic N) is 6. The van der Waals surface area contributed by atoms with E-state index in [0.29, 0.717) is 32.5 Å². The number of thioether (sulfide) groups is 1. The zero-order valence-corrected chi connectivity index (χ0v) is 26.1. The molecule has 1 aromatic carbocycles. The Hall–Kier alpha value is -3.18. The zero-order valence-electron chi connectivity index (χ0n) is 25.3. The predicted molar refractivity (Wildman–Crippen MR) is 168 cm³/mol. The summed E-state index contributed by atoms with van der Waals surface area (Å²) in [5, 5.41) is 17.9. The molecule has 3 unspecified atom stereocenters. The van der Waals surface area contributed by atoms with Gasteiger partial charge in [0, 0.05) is 38.0 Å². The largest absolute Gasteiger partial charge is 0.396 e. The van der Waals surface area contributed by atoms with Crippen LogP contribution in [0.3, 0.4) is 0 Å². The summed E-state index contributed by atoms with van der Waals surface area (Å²) < 4.78 is 1.01. The van der Waals surface area contributed by atoms with Crippen molar-refractivity contribution in [2.75, 3.05) is 32.8 Å². The second kappa shape index (κ2) is 13.2. The summed E-state index contributed by atoms with van der Waals surface area (Å²) in [6.07, 6.45) is 7.10. The second-order valence-corrected chi connectivity index (χ2v) is 13.6. The molecule has 0 saturated carbocycles. The molecule has 3 amide bonds. The Balaban J connectivity index is 1.52. The van der Waals surface area contributed by atoms with Crippen LogP contribution in [-0.4, -0.2) is 101 Å². The smallest absolute Gasteiger partial charge is 0.248 e. The van der Waals surface area contributed by atoms with Crippen LogP contribution in [-0.2, 0) is 21.1 Å². The van der Waals surface area contributed by atoms with E-state index in [0.717, 1.165) is 30.3 Å². The Labute approximate surface area is 258 Å². The van der Waals surface area contributed by atoms with Gasteiger partial charge in [-0.15, -0.1) is 30.0 Å². The molecule has 232 valence electrons. The van der Waals surface area contributed by atoms with Gasteiger partial charge in [0.2, 0.25) is 17.7 Å². The molecule has 5 rings (SSSR count). The first kappa shape index (κ1) is 31.3. The lowest BCUT2D eigenvalue weighted by Crippen LogP contribution is -2.57. The predicted octanol–water partition coefficient (Wildman–Crippen LogP) is 3.33. The van der Waals surface area contributed by atoms with E-state index in [1.54, 1.807) is 38.4 Å². The maximum Gasteiger partial charge on any atom is 0.248 e. The molecule has 1 aromatic heterocycles. The van der Waals surface area contributed by atoms with E-state index in [-0.39, 0.29) is 48.7 Å². The Bertz CT molecular complexity index is 1360. The average molecular weight is 609 g/mol. The van der Waals surface area contributed by atoms with Crippen LogP contribution in [0.2, 0.25) is 0 Å². The number of hydrogen-bond donors (Lipinski definition) is 1. The number of carbonyl (C=O) groups excluding carboxylic acids is 3. The number of likely N-dealkylation sites (tertiary alicyclic amines) is 1. The van der Waals surface area contributed by atoms with Crippen LogP contribution in [0.1, 0.15) is 46.0 Å². The summed E-state index contributed by atoms with van der Waals surface area (Å²) in [6.45, 7) is 13.9. The highest BCUT2D eigenvalue weighted by Crippen LogP contribution is 2.69. The van der Waals surface area contributed by atoms with Gasteiger partial charge in [0.05, 0.1) is 22.1 Å². The maximum atomic E-state index is 14.8. The molecule has 3 aliphatic heterocycles. The fourth-order valence-corrected chi connectivity index (χ4v) is 9.96. The Morgan fingerprint density at radius 3 is 2.60 bits per heavy atom. The van der Waals surface area contributed by atoms with E-state index in [4.69, 9.17) is 0 Å². The topological polar surface area (TPSA) is 112 Å². The van der Waals surface area contributed by atoms with Gasteiger partial charge in [-0.05, 0) is 50.2 Å². The standard InChI is InChI=1S/C32H44N6O4S/c1-5-15-35(16-6-2)29(40)26-25-20-22(4)32(43-25)27(26)30(41)37(18-11-8-12-19-39)28(32)31(42)36(17-7-3)21-38-24-14-10-9-13-23(24)33-34-38/h5,7,9-10,13-14,22,25-28,39H,1,3,6,8,11-12,15-21H2,2,4H3/t22?,25-,26+,27+,28?,32?/m1/s1. The first-order valence-electron chi connectivity index (χ1n) is 15.5. The molecule has 0 aliphatic carbocycles. The molecule has 2 aromatic rings. The quantitative estimate of drug-likeness (QED) is 0.244. The number of aliphatic hydroxyl groups is 1. The summed E-state index contributed by atoms with van der Waals surface area (Å²) in [4.78, 5) is 48.7. The van der Waals surface area contributed by atoms with E-state index in [1.807, 2.05) is 36.1 Å². The Morgan fingerprint density at radius 2 is 1.88 bits per heavy atom. The minimum Gasteiger partial charge on any atom is -0.396 e. The van der Waals surface area contributed by atoms with Gasteiger partial charge in [0.1, 0.15) is 18.2 Å². The lowest BCUT2D eigenvalue weighted by Gasteiger charge is -2.41. The second-order valence-electron chi connectivity index (χ2n) is 12.0. The summed E-state index contributed by atoms with van der Waals surface area (Å²) in [5.41, 5.74) is 1.56. The highest BCUT2D eigenvalue weighted by molar-refractivity contribution is 8.02. The van der Waals surface area contributed by atoms with Crippen molar-refractivity contribution in [2.24, 2.45) is 17.8 Å². The fourth-order valence-electron chi connectivity index (χ4n) is 7.55. The molecular formula is C32H44N6O4S. The van der Waals surface area contributed by atoms with Crippen molar-refractivity contribution >= 4 is 40.5 Å². The minimum atomic E-state index is -0.712. The van der Waals surface area contributed by atoms with Crippen molar-refractivity contribution in [3.63, 3.8) is 0 Å². The SMILES string of the molecule is C=CCN(Cn1nnc2ccccc21)C(=O)C1N(CCCCCO)C(=O)[C@@H]2[C@@H](C(=O)N(CC=C)CCC)[C@H]3CC(C)C12S3. The molecule has 3 aliphatic rings. The first-order chi connectivity index (χ1) is 20.8. The highest BCUT2D eigenvalue weighted by atomic mass is 32.2. The van der Waals surface area contributed by atoms with Crippen molar-refractivity contribution in [1.29, 1.82) is 0 Å². The molecule has 2 bridgehead atoms. The first-order valence-corrected chi connectivity index (χ1v) is 16.4. The molecule has 43 heavy (non-hydrogen) atoms. The van der Waals surface area contributed by atoms with E-state index >= 15 is 0 Å². The molecular weight excluding hydrogens is 564 g/mol. The number of hydrogen-bond acceptors (Lipinski definition) is 7. The number of unbranched alkanes of at least 4 members (excludes halogenated alkanes) is 2. The average Bonchev–Trinajstić information content (AvgIpc) is 3.72. The van der Waals surface area contributed by atoms with Crippen molar-refractivity contribution in [3.05, 3.63) is 49.6 Å². The molecule has 4 heterocycles. The third-order valence-corrected chi connectivity index (χ3v) is 11.4. The van der Waals surface area contributed by atoms with Gasteiger partial charge in [-0.25, -0.2) is 4.68 Å². The Kier molecular flexibility index (Phi) is 9.60. The molecule has 6 atom stereocenters. The highest BCUT2D eigenvalue weighted by Gasteiger charge is 2.76. The van der Waals surface area contributed by atoms with Crippen molar-refractivity contribution in [2.45, 2.75) is 68.7 Å². The van der Waals surface area contributed by atoms with Crippen molar-refractivity contribution < 1.29 is 19.5 Å². The number of para-hydroxylation sites is 1. The number of rotatable bonds is 15. The van der Waals surface area contributed by atoms with Crippen LogP contribution < -0.4 is 0 Å². The van der Waals surface area contributed by atoms with Gasteiger partial charge in [-0.3, -0.25) is 14.4 Å². The molecule has 1 spiro atoms. The molecule has 0 radical (unpaired) electrons. The zero-order chi connectivity index (χ0) is 30.7. The minimum absolute atomic E-state index is 0.00302. The summed E-state index contributed by atoms with van der Waals surface area (Å²) in [6, 6.07) is 6.90. The maximum absolute atomic E-state index is 14.8. The molecule has 3 fully saturated rings. The van der Waals surface area contributed by atoms with E-state index in [9.17, 15) is 19.5 Å². The molecule has 3 saturated heterocycles. The van der Waals surface area contributed by atoms with Crippen LogP contribution in [0.25, 0.3) is 11.0 Å². The fraction of sp³-hybridized carbons (Fsp3) is 0.594. The third kappa shape index (κ3) is 5.39. The van der Waals surface area contributed by atoms with Gasteiger partial charge in [0.15, 0.2) is 0 Å². The molecule has 10 nitrogen and oxygen atoms in total. The normalized spacial score (nSPS) is 27.5. The summed E-state index contributed by atoms with van der Waals surface area (Å²) in [7, 11) is 0. The number of fused-ring (bicyclic) bond motifs is 2. The van der Waals surface area contributed by atoms with Gasteiger partial charge >= 0.3 is 0 Å². The van der Waals surface area contributed by atoms with Gasteiger partial charge in [0.25, 0.3) is 0 Å². The van der Waals surface area contributed by atoms with Crippen LogP contribution in [0, 0.1) is 17.8 Å². The van der Waals surface area contributed by atoms with E-state index in [2.05, 4.69) is 30.4 Å². The molecule has 1 N–H and O–H groups in total. The van der Waals surface area contributed by atoms with E-state index in [1.165, 1.54) is 0 Å². The van der Waals surface area contributed by atoms with Crippen molar-refractivity contribution in [1.82, 2.24) is 29.7 Å². The van der Waals surface area contributed by atoms with Crippen LogP contribution in [0.15, 0.2) is 49.6 Å². The van der Waals surface area contributed by atoms with E-state index < -0.39 is 22.6 Å². The van der Waals surface area contributed by atoms with Gasteiger partial charge in [-0.2, -0.15) is 0 Å². The van der Waals surface area contributed by atoms with Crippen LogP contribution in [0.5, 0.6) is 0 Å².